The highest BCUT2D eigenvalue weighted by Crippen LogP contribution is 2.41. The van der Waals surface area contributed by atoms with Crippen molar-refractivity contribution in [3.05, 3.63) is 0 Å². The molecule has 0 bridgehead atoms. The average Bonchev–Trinajstić information content (AvgIpc) is 2.17. The van der Waals surface area contributed by atoms with E-state index in [2.05, 4.69) is 13.8 Å². The molecule has 0 unspecified atom stereocenters. The molecule has 0 spiro atoms. The molecule has 1 aliphatic rings. The molecule has 1 saturated heterocycles. The van der Waals surface area contributed by atoms with Gasteiger partial charge in [-0.05, 0) is 25.0 Å². The minimum absolute atomic E-state index is 0.358. The third kappa shape index (κ3) is 2.73. The van der Waals surface area contributed by atoms with Crippen molar-refractivity contribution in [1.82, 2.24) is 0 Å². The quantitative estimate of drug-likeness (QED) is 0.695. The molecule has 76 valence electrons. The summed E-state index contributed by atoms with van der Waals surface area (Å²) in [5.74, 6) is 2.00. The number of ketones is 1. The molecular formula is C11H20OS. The molecule has 0 radical (unpaired) electrons. The van der Waals surface area contributed by atoms with E-state index < -0.39 is 0 Å². The first kappa shape index (κ1) is 11.1. The zero-order valence-corrected chi connectivity index (χ0v) is 9.75. The molecular weight excluding hydrogens is 180 g/mol. The second kappa shape index (κ2) is 4.50. The van der Waals surface area contributed by atoms with Crippen LogP contribution in [0.4, 0.5) is 0 Å². The normalized spacial score (nSPS) is 34.5. The van der Waals surface area contributed by atoms with Gasteiger partial charge in [-0.1, -0.05) is 20.8 Å². The van der Waals surface area contributed by atoms with Gasteiger partial charge in [0.1, 0.15) is 5.78 Å². The van der Waals surface area contributed by atoms with Gasteiger partial charge in [0.05, 0.1) is 0 Å². The van der Waals surface area contributed by atoms with Crippen molar-refractivity contribution < 1.29 is 4.79 Å². The number of thioether (sulfide) groups is 1. The van der Waals surface area contributed by atoms with Crippen LogP contribution in [0.5, 0.6) is 0 Å². The van der Waals surface area contributed by atoms with Gasteiger partial charge < -0.3 is 0 Å². The van der Waals surface area contributed by atoms with Gasteiger partial charge in [-0.2, -0.15) is 11.8 Å². The highest BCUT2D eigenvalue weighted by atomic mass is 32.2. The van der Waals surface area contributed by atoms with Crippen LogP contribution in [-0.4, -0.2) is 16.3 Å². The van der Waals surface area contributed by atoms with E-state index in [9.17, 15) is 4.79 Å². The van der Waals surface area contributed by atoms with Gasteiger partial charge in [-0.3, -0.25) is 4.79 Å². The lowest BCUT2D eigenvalue weighted by atomic mass is 9.87. The van der Waals surface area contributed by atoms with Crippen LogP contribution in [0.3, 0.4) is 0 Å². The fraction of sp³-hybridized carbons (Fsp3) is 0.909. The summed E-state index contributed by atoms with van der Waals surface area (Å²) < 4.78 is 0.369. The molecule has 2 heteroatoms. The maximum Gasteiger partial charge on any atom is 0.135 e. The van der Waals surface area contributed by atoms with E-state index >= 15 is 0 Å². The van der Waals surface area contributed by atoms with Crippen molar-refractivity contribution in [2.24, 2.45) is 5.92 Å². The van der Waals surface area contributed by atoms with Gasteiger partial charge in [0, 0.05) is 17.1 Å². The number of carbonyl (C=O) groups excluding carboxylic acids is 1. The molecule has 0 amide bonds. The third-order valence-corrected chi connectivity index (χ3v) is 4.74. The highest BCUT2D eigenvalue weighted by Gasteiger charge is 2.33. The van der Waals surface area contributed by atoms with Gasteiger partial charge in [-0.25, -0.2) is 0 Å². The first-order valence-corrected chi connectivity index (χ1v) is 6.26. The fourth-order valence-corrected chi connectivity index (χ4v) is 3.36. The second-order valence-electron chi connectivity index (χ2n) is 4.16. The smallest absolute Gasteiger partial charge is 0.135 e. The van der Waals surface area contributed by atoms with Crippen molar-refractivity contribution in [3.63, 3.8) is 0 Å². The van der Waals surface area contributed by atoms with Crippen LogP contribution in [-0.2, 0) is 4.79 Å². The Balaban J connectivity index is 2.56. The van der Waals surface area contributed by atoms with Crippen molar-refractivity contribution in [1.29, 1.82) is 0 Å². The molecule has 1 fully saturated rings. The van der Waals surface area contributed by atoms with Gasteiger partial charge in [0.2, 0.25) is 0 Å². The topological polar surface area (TPSA) is 17.1 Å². The predicted octanol–water partition coefficient (Wildman–Crippen LogP) is 3.28. The Labute approximate surface area is 85.7 Å². The van der Waals surface area contributed by atoms with E-state index in [0.29, 0.717) is 16.4 Å². The van der Waals surface area contributed by atoms with Crippen LogP contribution < -0.4 is 0 Å². The minimum Gasteiger partial charge on any atom is -0.299 e. The van der Waals surface area contributed by atoms with Gasteiger partial charge in [0.15, 0.2) is 0 Å². The number of carbonyl (C=O) groups is 1. The van der Waals surface area contributed by atoms with E-state index in [-0.39, 0.29) is 0 Å². The second-order valence-corrected chi connectivity index (χ2v) is 5.84. The number of hydrogen-bond acceptors (Lipinski definition) is 2. The molecule has 2 atom stereocenters. The third-order valence-electron chi connectivity index (χ3n) is 3.15. The van der Waals surface area contributed by atoms with Crippen LogP contribution in [0.2, 0.25) is 0 Å². The number of Topliss-reactive ketones (excluding diaryl/α,β-unsaturated/α-hetero) is 1. The Hall–Kier alpha value is 0.0200. The molecule has 1 nitrogen and oxygen atoms in total. The van der Waals surface area contributed by atoms with E-state index in [4.69, 9.17) is 0 Å². The van der Waals surface area contributed by atoms with E-state index in [1.165, 1.54) is 12.2 Å². The molecule has 1 aliphatic heterocycles. The summed E-state index contributed by atoms with van der Waals surface area (Å²) >= 11 is 2.04. The van der Waals surface area contributed by atoms with Crippen LogP contribution in [0, 0.1) is 5.92 Å². The summed E-state index contributed by atoms with van der Waals surface area (Å²) in [5, 5.41) is 0. The summed E-state index contributed by atoms with van der Waals surface area (Å²) in [4.78, 5) is 11.6. The molecule has 1 rings (SSSR count). The fourth-order valence-electron chi connectivity index (χ4n) is 1.94. The van der Waals surface area contributed by atoms with Gasteiger partial charge in [-0.15, -0.1) is 0 Å². The summed E-state index contributed by atoms with van der Waals surface area (Å²) in [7, 11) is 0. The van der Waals surface area contributed by atoms with Gasteiger partial charge >= 0.3 is 0 Å². The van der Waals surface area contributed by atoms with E-state index in [0.717, 1.165) is 19.3 Å². The van der Waals surface area contributed by atoms with Crippen molar-refractivity contribution in [2.45, 2.75) is 51.2 Å². The van der Waals surface area contributed by atoms with Crippen molar-refractivity contribution in [3.8, 4) is 0 Å². The van der Waals surface area contributed by atoms with Crippen LogP contribution in [0.1, 0.15) is 46.5 Å². The Morgan fingerprint density at radius 1 is 1.54 bits per heavy atom. The molecule has 0 aliphatic carbocycles. The first-order valence-electron chi connectivity index (χ1n) is 5.28. The summed E-state index contributed by atoms with van der Waals surface area (Å²) in [6, 6.07) is 0. The summed E-state index contributed by atoms with van der Waals surface area (Å²) in [6.07, 6.45) is 4.11. The summed E-state index contributed by atoms with van der Waals surface area (Å²) in [5.41, 5.74) is 0. The molecule has 0 aromatic rings. The Morgan fingerprint density at radius 3 is 2.77 bits per heavy atom. The Bertz CT molecular complexity index is 191. The molecule has 13 heavy (non-hydrogen) atoms. The monoisotopic (exact) mass is 200 g/mol. The molecule has 1 heterocycles. The van der Waals surface area contributed by atoms with Crippen LogP contribution >= 0.6 is 11.8 Å². The average molecular weight is 200 g/mol. The maximum absolute atomic E-state index is 11.6. The van der Waals surface area contributed by atoms with Crippen LogP contribution in [0.25, 0.3) is 0 Å². The number of rotatable bonds is 3. The van der Waals surface area contributed by atoms with Crippen LogP contribution in [0.15, 0.2) is 0 Å². The minimum atomic E-state index is 0.358. The molecule has 0 aromatic carbocycles. The Kier molecular flexibility index (Phi) is 3.84. The first-order chi connectivity index (χ1) is 6.11. The maximum atomic E-state index is 11.6. The largest absolute Gasteiger partial charge is 0.299 e. The lowest BCUT2D eigenvalue weighted by Crippen LogP contribution is -2.32. The number of hydrogen-bond donors (Lipinski definition) is 0. The molecule has 0 aromatic heterocycles. The highest BCUT2D eigenvalue weighted by molar-refractivity contribution is 8.00. The lowest BCUT2D eigenvalue weighted by molar-refractivity contribution is -0.123. The SMILES string of the molecule is CCC(=O)[C@H]1CCS[C@](C)(CC)C1. The lowest BCUT2D eigenvalue weighted by Gasteiger charge is -2.36. The standard InChI is InChI=1S/C11H20OS/c1-4-10(12)9-6-7-13-11(3,5-2)8-9/h9H,4-8H2,1-3H3/t9-,11+/m0/s1. The zero-order valence-electron chi connectivity index (χ0n) is 8.93. The van der Waals surface area contributed by atoms with Gasteiger partial charge in [0.25, 0.3) is 0 Å². The predicted molar refractivity (Wildman–Crippen MR) is 59.2 cm³/mol. The van der Waals surface area contributed by atoms with Crippen molar-refractivity contribution in [2.75, 3.05) is 5.75 Å². The van der Waals surface area contributed by atoms with Crippen molar-refractivity contribution >= 4 is 17.5 Å². The van der Waals surface area contributed by atoms with E-state index in [1.54, 1.807) is 0 Å². The summed E-state index contributed by atoms with van der Waals surface area (Å²) in [6.45, 7) is 6.51. The Morgan fingerprint density at radius 2 is 2.23 bits per heavy atom. The molecule has 0 saturated carbocycles. The van der Waals surface area contributed by atoms with E-state index in [1.807, 2.05) is 18.7 Å². The zero-order chi connectivity index (χ0) is 9.90. The molecule has 0 N–H and O–H groups in total.